The summed E-state index contributed by atoms with van der Waals surface area (Å²) in [5.74, 6) is 3.29. The van der Waals surface area contributed by atoms with Gasteiger partial charge >= 0.3 is 0 Å². The summed E-state index contributed by atoms with van der Waals surface area (Å²) < 4.78 is 0. The van der Waals surface area contributed by atoms with Gasteiger partial charge in [0.1, 0.15) is 0 Å². The van der Waals surface area contributed by atoms with Gasteiger partial charge in [-0.05, 0) is 55.8 Å². The molecule has 3 aliphatic carbocycles. The van der Waals surface area contributed by atoms with Crippen molar-refractivity contribution in [3.8, 4) is 0 Å². The van der Waals surface area contributed by atoms with E-state index >= 15 is 0 Å². The first-order valence-electron chi connectivity index (χ1n) is 6.08. The Morgan fingerprint density at radius 3 is 2.93 bits per heavy atom. The Kier molecular flexibility index (Phi) is 1.82. The average molecular weight is 192 g/mol. The van der Waals surface area contributed by atoms with Crippen LogP contribution in [-0.4, -0.2) is 10.7 Å². The van der Waals surface area contributed by atoms with Crippen molar-refractivity contribution >= 4 is 0 Å². The summed E-state index contributed by atoms with van der Waals surface area (Å²) in [5.41, 5.74) is -0.363. The van der Waals surface area contributed by atoms with Gasteiger partial charge in [-0.2, -0.15) is 0 Å². The summed E-state index contributed by atoms with van der Waals surface area (Å²) in [5, 5.41) is 10.6. The third kappa shape index (κ3) is 0.995. The molecular weight excluding hydrogens is 172 g/mol. The molecule has 0 heterocycles. The molecule has 2 bridgehead atoms. The van der Waals surface area contributed by atoms with E-state index in [0.29, 0.717) is 5.92 Å². The molecule has 3 rings (SSSR count). The van der Waals surface area contributed by atoms with E-state index in [1.807, 2.05) is 6.08 Å². The second-order valence-electron chi connectivity index (χ2n) is 5.66. The van der Waals surface area contributed by atoms with E-state index in [4.69, 9.17) is 0 Å². The van der Waals surface area contributed by atoms with E-state index in [2.05, 4.69) is 6.58 Å². The molecule has 0 radical (unpaired) electrons. The summed E-state index contributed by atoms with van der Waals surface area (Å²) in [6.07, 6.45) is 9.32. The number of hydrogen-bond acceptors (Lipinski definition) is 1. The van der Waals surface area contributed by atoms with Crippen LogP contribution in [0.15, 0.2) is 12.7 Å². The minimum absolute atomic E-state index is 0.363. The zero-order valence-electron chi connectivity index (χ0n) is 8.78. The summed E-state index contributed by atoms with van der Waals surface area (Å²) in [4.78, 5) is 0. The van der Waals surface area contributed by atoms with Gasteiger partial charge in [0.25, 0.3) is 0 Å². The largest absolute Gasteiger partial charge is 0.389 e. The summed E-state index contributed by atoms with van der Waals surface area (Å²) in [7, 11) is 0. The molecule has 3 aliphatic rings. The van der Waals surface area contributed by atoms with Crippen LogP contribution >= 0.6 is 0 Å². The van der Waals surface area contributed by atoms with Crippen molar-refractivity contribution in [3.05, 3.63) is 12.7 Å². The lowest BCUT2D eigenvalue weighted by Crippen LogP contribution is -2.40. The van der Waals surface area contributed by atoms with E-state index in [1.54, 1.807) is 0 Å². The first-order valence-corrected chi connectivity index (χ1v) is 6.08. The van der Waals surface area contributed by atoms with E-state index in [-0.39, 0.29) is 5.60 Å². The fourth-order valence-corrected chi connectivity index (χ4v) is 4.72. The molecule has 14 heavy (non-hydrogen) atoms. The highest BCUT2D eigenvalue weighted by Gasteiger charge is 2.59. The van der Waals surface area contributed by atoms with Crippen LogP contribution < -0.4 is 0 Å². The van der Waals surface area contributed by atoms with Crippen LogP contribution in [0.25, 0.3) is 0 Å². The van der Waals surface area contributed by atoms with Gasteiger partial charge in [0.15, 0.2) is 0 Å². The molecular formula is C13H20O. The molecule has 1 N–H and O–H groups in total. The van der Waals surface area contributed by atoms with Crippen molar-refractivity contribution < 1.29 is 5.11 Å². The maximum atomic E-state index is 10.6. The lowest BCUT2D eigenvalue weighted by Gasteiger charge is -2.38. The standard InChI is InChI=1S/C13H20O/c1-2-6-13(14)8-9-7-12(13)11-5-3-4-10(9)11/h2,9-12,14H,1,3-8H2. The smallest absolute Gasteiger partial charge is 0.0715 e. The minimum Gasteiger partial charge on any atom is -0.389 e. The van der Waals surface area contributed by atoms with Crippen LogP contribution in [0, 0.1) is 23.7 Å². The van der Waals surface area contributed by atoms with E-state index < -0.39 is 0 Å². The molecule has 0 spiro atoms. The molecule has 0 aromatic carbocycles. The Bertz CT molecular complexity index is 260. The van der Waals surface area contributed by atoms with Crippen LogP contribution in [0.1, 0.15) is 38.5 Å². The van der Waals surface area contributed by atoms with Gasteiger partial charge in [-0.25, -0.2) is 0 Å². The topological polar surface area (TPSA) is 20.2 Å². The van der Waals surface area contributed by atoms with Crippen molar-refractivity contribution in [2.75, 3.05) is 0 Å². The third-order valence-electron chi connectivity index (χ3n) is 5.11. The quantitative estimate of drug-likeness (QED) is 0.667. The average Bonchev–Trinajstić information content (AvgIpc) is 2.72. The third-order valence-corrected chi connectivity index (χ3v) is 5.11. The van der Waals surface area contributed by atoms with Crippen LogP contribution in [0.4, 0.5) is 0 Å². The van der Waals surface area contributed by atoms with Gasteiger partial charge in [0.2, 0.25) is 0 Å². The second-order valence-corrected chi connectivity index (χ2v) is 5.66. The van der Waals surface area contributed by atoms with Gasteiger partial charge in [-0.15, -0.1) is 6.58 Å². The zero-order chi connectivity index (χ0) is 9.76. The Labute approximate surface area is 86.2 Å². The molecule has 0 aromatic heterocycles. The van der Waals surface area contributed by atoms with Crippen LogP contribution in [0.5, 0.6) is 0 Å². The maximum Gasteiger partial charge on any atom is 0.0715 e. The molecule has 3 saturated carbocycles. The fraction of sp³-hybridized carbons (Fsp3) is 0.846. The summed E-state index contributed by atoms with van der Waals surface area (Å²) >= 11 is 0. The number of rotatable bonds is 2. The number of aliphatic hydroxyl groups is 1. The Morgan fingerprint density at radius 2 is 2.14 bits per heavy atom. The molecule has 0 aromatic rings. The first-order chi connectivity index (χ1) is 6.74. The Hall–Kier alpha value is -0.300. The summed E-state index contributed by atoms with van der Waals surface area (Å²) in [6, 6.07) is 0. The van der Waals surface area contributed by atoms with Gasteiger partial charge in [-0.1, -0.05) is 12.5 Å². The normalized spacial score (nSPS) is 54.9. The van der Waals surface area contributed by atoms with Crippen molar-refractivity contribution in [2.24, 2.45) is 23.7 Å². The lowest BCUT2D eigenvalue weighted by molar-refractivity contribution is -0.0428. The predicted molar refractivity (Wildman–Crippen MR) is 56.8 cm³/mol. The molecule has 1 heteroatoms. The van der Waals surface area contributed by atoms with E-state index in [1.165, 1.54) is 25.7 Å². The van der Waals surface area contributed by atoms with Gasteiger partial charge < -0.3 is 5.11 Å². The SMILES string of the molecule is C=CCC1(O)CC2CC1C1CCCC21. The molecule has 3 fully saturated rings. The Balaban J connectivity index is 1.85. The van der Waals surface area contributed by atoms with Crippen LogP contribution in [-0.2, 0) is 0 Å². The van der Waals surface area contributed by atoms with E-state index in [0.717, 1.165) is 30.6 Å². The van der Waals surface area contributed by atoms with Crippen LogP contribution in [0.2, 0.25) is 0 Å². The number of hydrogen-bond donors (Lipinski definition) is 1. The highest BCUT2D eigenvalue weighted by atomic mass is 16.3. The number of fused-ring (bicyclic) bond motifs is 5. The van der Waals surface area contributed by atoms with Crippen molar-refractivity contribution in [2.45, 2.75) is 44.1 Å². The van der Waals surface area contributed by atoms with E-state index in [9.17, 15) is 5.11 Å². The first kappa shape index (κ1) is 8.96. The van der Waals surface area contributed by atoms with Crippen LogP contribution in [0.3, 0.4) is 0 Å². The minimum atomic E-state index is -0.363. The highest BCUT2D eigenvalue weighted by Crippen LogP contribution is 2.63. The molecule has 5 unspecified atom stereocenters. The van der Waals surface area contributed by atoms with Crippen molar-refractivity contribution in [1.82, 2.24) is 0 Å². The molecule has 5 atom stereocenters. The Morgan fingerprint density at radius 1 is 1.36 bits per heavy atom. The predicted octanol–water partition coefficient (Wildman–Crippen LogP) is 2.75. The summed E-state index contributed by atoms with van der Waals surface area (Å²) in [6.45, 7) is 3.78. The highest BCUT2D eigenvalue weighted by molar-refractivity contribution is 5.11. The van der Waals surface area contributed by atoms with Gasteiger partial charge in [-0.3, -0.25) is 0 Å². The zero-order valence-corrected chi connectivity index (χ0v) is 8.78. The van der Waals surface area contributed by atoms with Gasteiger partial charge in [0, 0.05) is 0 Å². The monoisotopic (exact) mass is 192 g/mol. The van der Waals surface area contributed by atoms with Gasteiger partial charge in [0.05, 0.1) is 5.60 Å². The maximum absolute atomic E-state index is 10.6. The molecule has 0 amide bonds. The van der Waals surface area contributed by atoms with Crippen molar-refractivity contribution in [1.29, 1.82) is 0 Å². The molecule has 78 valence electrons. The fourth-order valence-electron chi connectivity index (χ4n) is 4.72. The van der Waals surface area contributed by atoms with Crippen molar-refractivity contribution in [3.63, 3.8) is 0 Å². The molecule has 0 saturated heterocycles. The molecule has 1 nitrogen and oxygen atoms in total. The molecule has 0 aliphatic heterocycles. The lowest BCUT2D eigenvalue weighted by atomic mass is 9.71. The second kappa shape index (κ2) is 2.85.